The standard InChI is InChI=1S/C19H19N3O6/c23-15-4-3-14(17(26)20-15)22-18(27)12-6-10-2-1-5-21(9-16(24)25)8-11(10)7-13(12)19(22)28/h6-7,14H,1-5,8-9H2,(H,24,25)(H,20,23,26). The van der Waals surface area contributed by atoms with E-state index in [1.165, 1.54) is 0 Å². The van der Waals surface area contributed by atoms with Crippen molar-refractivity contribution < 1.29 is 29.1 Å². The molecule has 0 saturated carbocycles. The van der Waals surface area contributed by atoms with Gasteiger partial charge in [-0.05, 0) is 49.1 Å². The van der Waals surface area contributed by atoms with Gasteiger partial charge in [0.15, 0.2) is 0 Å². The fraction of sp³-hybridized carbons (Fsp3) is 0.421. The Morgan fingerprint density at radius 3 is 2.39 bits per heavy atom. The summed E-state index contributed by atoms with van der Waals surface area (Å²) in [6, 6.07) is 2.35. The lowest BCUT2D eigenvalue weighted by Crippen LogP contribution is -2.54. The first-order chi connectivity index (χ1) is 13.3. The van der Waals surface area contributed by atoms with Gasteiger partial charge in [-0.25, -0.2) is 0 Å². The Hall–Kier alpha value is -3.07. The number of fused-ring (bicyclic) bond motifs is 2. The maximum Gasteiger partial charge on any atom is 0.317 e. The van der Waals surface area contributed by atoms with E-state index in [0.29, 0.717) is 19.5 Å². The number of rotatable bonds is 3. The minimum atomic E-state index is -0.992. The lowest BCUT2D eigenvalue weighted by atomic mass is 9.97. The highest BCUT2D eigenvalue weighted by Gasteiger charge is 2.45. The van der Waals surface area contributed by atoms with Gasteiger partial charge in [-0.15, -0.1) is 0 Å². The second-order valence-corrected chi connectivity index (χ2v) is 7.32. The largest absolute Gasteiger partial charge is 0.480 e. The Morgan fingerprint density at radius 2 is 1.75 bits per heavy atom. The Balaban J connectivity index is 1.65. The predicted octanol–water partition coefficient (Wildman–Crippen LogP) is -0.0794. The van der Waals surface area contributed by atoms with Crippen molar-refractivity contribution in [3.8, 4) is 0 Å². The summed E-state index contributed by atoms with van der Waals surface area (Å²) in [6.45, 7) is 0.913. The molecule has 28 heavy (non-hydrogen) atoms. The summed E-state index contributed by atoms with van der Waals surface area (Å²) in [4.78, 5) is 63.0. The average Bonchev–Trinajstić information content (AvgIpc) is 2.77. The molecule has 4 amide bonds. The zero-order valence-corrected chi connectivity index (χ0v) is 15.1. The molecule has 4 rings (SSSR count). The molecule has 1 unspecified atom stereocenters. The number of carboxylic acids is 1. The van der Waals surface area contributed by atoms with Crippen LogP contribution in [0.15, 0.2) is 12.1 Å². The third-order valence-corrected chi connectivity index (χ3v) is 5.43. The molecule has 0 spiro atoms. The van der Waals surface area contributed by atoms with Crippen LogP contribution in [0.1, 0.15) is 51.1 Å². The zero-order chi connectivity index (χ0) is 20.0. The highest BCUT2D eigenvalue weighted by Crippen LogP contribution is 2.31. The summed E-state index contributed by atoms with van der Waals surface area (Å²) in [5, 5.41) is 11.2. The molecule has 0 aliphatic carbocycles. The van der Waals surface area contributed by atoms with E-state index >= 15 is 0 Å². The van der Waals surface area contributed by atoms with Gasteiger partial charge in [-0.3, -0.25) is 39.1 Å². The Morgan fingerprint density at radius 1 is 1.07 bits per heavy atom. The van der Waals surface area contributed by atoms with E-state index in [1.807, 2.05) is 0 Å². The summed E-state index contributed by atoms with van der Waals surface area (Å²) in [5.41, 5.74) is 2.23. The first-order valence-electron chi connectivity index (χ1n) is 9.16. The molecular weight excluding hydrogens is 366 g/mol. The van der Waals surface area contributed by atoms with Crippen molar-refractivity contribution in [1.29, 1.82) is 0 Å². The SMILES string of the molecule is O=C(O)CN1CCCc2cc3c(cc2C1)C(=O)N(C1CCC(=O)NC1=O)C3=O. The number of imide groups is 2. The quantitative estimate of drug-likeness (QED) is 0.698. The minimum absolute atomic E-state index is 0.0739. The molecule has 1 aromatic rings. The number of hydrogen-bond donors (Lipinski definition) is 2. The van der Waals surface area contributed by atoms with Gasteiger partial charge in [0.25, 0.3) is 11.8 Å². The first kappa shape index (κ1) is 18.3. The van der Waals surface area contributed by atoms with Crippen molar-refractivity contribution >= 4 is 29.6 Å². The van der Waals surface area contributed by atoms with Crippen molar-refractivity contribution in [3.63, 3.8) is 0 Å². The van der Waals surface area contributed by atoms with Gasteiger partial charge < -0.3 is 5.11 Å². The van der Waals surface area contributed by atoms with Gasteiger partial charge >= 0.3 is 5.97 Å². The molecule has 0 aromatic heterocycles. The van der Waals surface area contributed by atoms with Crippen molar-refractivity contribution in [2.45, 2.75) is 38.3 Å². The number of nitrogens with zero attached hydrogens (tertiary/aromatic N) is 2. The highest BCUT2D eigenvalue weighted by molar-refractivity contribution is 6.23. The van der Waals surface area contributed by atoms with E-state index in [2.05, 4.69) is 5.32 Å². The van der Waals surface area contributed by atoms with E-state index < -0.39 is 35.6 Å². The molecule has 9 heteroatoms. The summed E-state index contributed by atoms with van der Waals surface area (Å²) in [6.07, 6.45) is 1.61. The molecule has 2 N–H and O–H groups in total. The number of piperidine rings is 1. The Kier molecular flexibility index (Phi) is 4.46. The van der Waals surface area contributed by atoms with E-state index in [-0.39, 0.29) is 30.5 Å². The Labute approximate surface area is 160 Å². The van der Waals surface area contributed by atoms with E-state index in [9.17, 15) is 24.0 Å². The first-order valence-corrected chi connectivity index (χ1v) is 9.16. The molecule has 3 aliphatic heterocycles. The van der Waals surface area contributed by atoms with E-state index in [1.54, 1.807) is 17.0 Å². The molecule has 146 valence electrons. The van der Waals surface area contributed by atoms with Crippen LogP contribution in [0, 0.1) is 0 Å². The van der Waals surface area contributed by atoms with Crippen LogP contribution in [-0.2, 0) is 27.3 Å². The van der Waals surface area contributed by atoms with Crippen LogP contribution in [-0.4, -0.2) is 63.6 Å². The number of aryl methyl sites for hydroxylation is 1. The molecule has 0 radical (unpaired) electrons. The van der Waals surface area contributed by atoms with Crippen LogP contribution in [0.5, 0.6) is 0 Å². The predicted molar refractivity (Wildman–Crippen MR) is 94.3 cm³/mol. The van der Waals surface area contributed by atoms with Crippen molar-refractivity contribution in [3.05, 3.63) is 34.4 Å². The van der Waals surface area contributed by atoms with Crippen LogP contribution < -0.4 is 5.32 Å². The molecule has 1 fully saturated rings. The summed E-state index contributed by atoms with van der Waals surface area (Å²) in [5.74, 6) is -3.04. The molecular formula is C19H19N3O6. The van der Waals surface area contributed by atoms with Gasteiger partial charge in [0.1, 0.15) is 6.04 Å². The van der Waals surface area contributed by atoms with Gasteiger partial charge in [-0.2, -0.15) is 0 Å². The number of carboxylic acid groups (broad SMARTS) is 1. The van der Waals surface area contributed by atoms with Crippen LogP contribution in [0.3, 0.4) is 0 Å². The molecule has 9 nitrogen and oxygen atoms in total. The number of amides is 4. The van der Waals surface area contributed by atoms with Crippen LogP contribution >= 0.6 is 0 Å². The van der Waals surface area contributed by atoms with Gasteiger partial charge in [0.2, 0.25) is 11.8 Å². The van der Waals surface area contributed by atoms with Crippen LogP contribution in [0.25, 0.3) is 0 Å². The monoisotopic (exact) mass is 385 g/mol. The lowest BCUT2D eigenvalue weighted by molar-refractivity contribution is -0.139. The lowest BCUT2D eigenvalue weighted by Gasteiger charge is -2.27. The summed E-state index contributed by atoms with van der Waals surface area (Å²) in [7, 11) is 0. The van der Waals surface area contributed by atoms with Gasteiger partial charge in [-0.1, -0.05) is 0 Å². The zero-order valence-electron chi connectivity index (χ0n) is 15.1. The highest BCUT2D eigenvalue weighted by atomic mass is 16.4. The second kappa shape index (κ2) is 6.83. The second-order valence-electron chi connectivity index (χ2n) is 7.32. The number of carbonyl (C=O) groups is 5. The molecule has 3 aliphatic rings. The van der Waals surface area contributed by atoms with Gasteiger partial charge in [0, 0.05) is 13.0 Å². The number of benzene rings is 1. The summed E-state index contributed by atoms with van der Waals surface area (Å²) < 4.78 is 0. The maximum absolute atomic E-state index is 12.9. The summed E-state index contributed by atoms with van der Waals surface area (Å²) >= 11 is 0. The average molecular weight is 385 g/mol. The molecule has 1 saturated heterocycles. The minimum Gasteiger partial charge on any atom is -0.480 e. The van der Waals surface area contributed by atoms with Crippen molar-refractivity contribution in [2.24, 2.45) is 0 Å². The maximum atomic E-state index is 12.9. The molecule has 1 atom stereocenters. The number of carbonyl (C=O) groups excluding carboxylic acids is 4. The normalized spacial score (nSPS) is 22.6. The van der Waals surface area contributed by atoms with Gasteiger partial charge in [0.05, 0.1) is 17.7 Å². The smallest absolute Gasteiger partial charge is 0.317 e. The topological polar surface area (TPSA) is 124 Å². The van der Waals surface area contributed by atoms with Crippen molar-refractivity contribution in [2.75, 3.05) is 13.1 Å². The Bertz CT molecular complexity index is 924. The molecule has 1 aromatic carbocycles. The number of aliphatic carboxylic acids is 1. The third kappa shape index (κ3) is 3.07. The fourth-order valence-corrected chi connectivity index (χ4v) is 4.13. The van der Waals surface area contributed by atoms with Crippen LogP contribution in [0.2, 0.25) is 0 Å². The number of hydrogen-bond acceptors (Lipinski definition) is 6. The van der Waals surface area contributed by atoms with E-state index in [4.69, 9.17) is 5.11 Å². The number of nitrogens with one attached hydrogen (secondary N) is 1. The molecule has 0 bridgehead atoms. The molecule has 3 heterocycles. The van der Waals surface area contributed by atoms with Crippen molar-refractivity contribution in [1.82, 2.24) is 15.1 Å². The fourth-order valence-electron chi connectivity index (χ4n) is 4.13. The van der Waals surface area contributed by atoms with E-state index in [0.717, 1.165) is 22.4 Å². The van der Waals surface area contributed by atoms with Crippen LogP contribution in [0.4, 0.5) is 0 Å². The third-order valence-electron chi connectivity index (χ3n) is 5.43.